The van der Waals surface area contributed by atoms with Gasteiger partial charge in [0.15, 0.2) is 0 Å². The van der Waals surface area contributed by atoms with Crippen molar-refractivity contribution >= 4 is 35.4 Å². The smallest absolute Gasteiger partial charge is 0.246 e. The van der Waals surface area contributed by atoms with Crippen LogP contribution >= 0.6 is 0 Å². The molecule has 0 aromatic carbocycles. The molecule has 6 amide bonds. The zero-order chi connectivity index (χ0) is 36.0. The van der Waals surface area contributed by atoms with Gasteiger partial charge in [0.05, 0.1) is 0 Å². The Morgan fingerprint density at radius 2 is 1.00 bits per heavy atom. The normalized spacial score (nSPS) is 17.8. The molecule has 0 aromatic heterocycles. The quantitative estimate of drug-likeness (QED) is 0.0446. The van der Waals surface area contributed by atoms with Gasteiger partial charge in [0, 0.05) is 78.3 Å². The van der Waals surface area contributed by atoms with Crippen molar-refractivity contribution in [2.45, 2.75) is 122 Å². The first-order valence-electron chi connectivity index (χ1n) is 18.2. The van der Waals surface area contributed by atoms with Crippen molar-refractivity contribution < 1.29 is 44.4 Å². The standard InChI is InChI=1S/C34H60N6O9/c1-26(41)38(47)20-8-2-5-17-35-30(42)13-15-33(45)39(48)21-9-3-6-18-36-31(43)14-16-34(46)40(49)22-10-4-7-19-37-32(44)25-29-24-27-11-12-28(29)23-27/h27-29,47-49H,2-25H2,1H3,(H,35,42)(H,36,43)(H,37,44)/t27-,28-,29+/m0/s1. The molecule has 0 radical (unpaired) electrons. The lowest BCUT2D eigenvalue weighted by Gasteiger charge is -2.20. The third-order valence-corrected chi connectivity index (χ3v) is 9.51. The Morgan fingerprint density at radius 3 is 1.41 bits per heavy atom. The molecular formula is C34H60N6O9. The summed E-state index contributed by atoms with van der Waals surface area (Å²) in [7, 11) is 0. The van der Waals surface area contributed by atoms with Crippen LogP contribution in [0.2, 0.25) is 0 Å². The summed E-state index contributed by atoms with van der Waals surface area (Å²) in [6.07, 6.45) is 11.3. The molecule has 6 N–H and O–H groups in total. The third-order valence-electron chi connectivity index (χ3n) is 9.51. The largest absolute Gasteiger partial charge is 0.356 e. The molecule has 3 atom stereocenters. The fourth-order valence-electron chi connectivity index (χ4n) is 6.59. The zero-order valence-corrected chi connectivity index (χ0v) is 29.3. The fourth-order valence-corrected chi connectivity index (χ4v) is 6.59. The Bertz CT molecular complexity index is 1060. The van der Waals surface area contributed by atoms with Gasteiger partial charge in [-0.3, -0.25) is 44.4 Å². The molecule has 0 saturated heterocycles. The van der Waals surface area contributed by atoms with E-state index in [1.807, 2.05) is 0 Å². The van der Waals surface area contributed by atoms with Gasteiger partial charge in [-0.05, 0) is 94.8 Å². The topological polar surface area (TPSA) is 209 Å². The fraction of sp³-hybridized carbons (Fsp3) is 0.824. The number of hydroxylamine groups is 6. The van der Waals surface area contributed by atoms with E-state index in [0.717, 1.165) is 24.7 Å². The van der Waals surface area contributed by atoms with Crippen LogP contribution in [0.5, 0.6) is 0 Å². The summed E-state index contributed by atoms with van der Waals surface area (Å²) >= 11 is 0. The predicted molar refractivity (Wildman–Crippen MR) is 179 cm³/mol. The number of fused-ring (bicyclic) bond motifs is 2. The Kier molecular flexibility index (Phi) is 20.5. The maximum absolute atomic E-state index is 12.2. The first-order valence-corrected chi connectivity index (χ1v) is 18.2. The zero-order valence-electron chi connectivity index (χ0n) is 29.3. The van der Waals surface area contributed by atoms with Gasteiger partial charge in [-0.2, -0.15) is 0 Å². The highest BCUT2D eigenvalue weighted by molar-refractivity contribution is 5.83. The Hall–Kier alpha value is -3.30. The van der Waals surface area contributed by atoms with Gasteiger partial charge >= 0.3 is 0 Å². The van der Waals surface area contributed by atoms with Gasteiger partial charge in [0.25, 0.3) is 0 Å². The average Bonchev–Trinajstić information content (AvgIpc) is 3.70. The van der Waals surface area contributed by atoms with Crippen LogP contribution in [-0.2, 0) is 28.8 Å². The minimum atomic E-state index is -0.553. The van der Waals surface area contributed by atoms with Crippen molar-refractivity contribution in [3.63, 3.8) is 0 Å². The van der Waals surface area contributed by atoms with Gasteiger partial charge < -0.3 is 16.0 Å². The summed E-state index contributed by atoms with van der Waals surface area (Å²) in [6.45, 7) is 3.17. The second kappa shape index (κ2) is 24.0. The molecule has 0 aromatic rings. The van der Waals surface area contributed by atoms with E-state index in [1.54, 1.807) is 0 Å². The summed E-state index contributed by atoms with van der Waals surface area (Å²) < 4.78 is 0. The summed E-state index contributed by atoms with van der Waals surface area (Å²) in [5.41, 5.74) is 0. The van der Waals surface area contributed by atoms with Crippen LogP contribution in [0.15, 0.2) is 0 Å². The highest BCUT2D eigenvalue weighted by Gasteiger charge is 2.40. The third kappa shape index (κ3) is 18.3. The molecule has 0 unspecified atom stereocenters. The van der Waals surface area contributed by atoms with E-state index in [0.29, 0.717) is 92.1 Å². The number of amides is 6. The van der Waals surface area contributed by atoms with Crippen molar-refractivity contribution in [3.8, 4) is 0 Å². The van der Waals surface area contributed by atoms with Gasteiger partial charge in [-0.25, -0.2) is 15.2 Å². The Balaban J connectivity index is 1.37. The van der Waals surface area contributed by atoms with E-state index in [-0.39, 0.29) is 63.0 Å². The number of hydrogen-bond acceptors (Lipinski definition) is 9. The van der Waals surface area contributed by atoms with Crippen molar-refractivity contribution in [2.24, 2.45) is 17.8 Å². The average molecular weight is 697 g/mol. The first kappa shape index (κ1) is 41.9. The number of nitrogens with one attached hydrogen (secondary N) is 3. The van der Waals surface area contributed by atoms with Gasteiger partial charge in [-0.15, -0.1) is 0 Å². The molecule has 2 saturated carbocycles. The molecule has 2 bridgehead atoms. The van der Waals surface area contributed by atoms with E-state index >= 15 is 0 Å². The number of carbonyl (C=O) groups excluding carboxylic acids is 6. The van der Waals surface area contributed by atoms with Crippen LogP contribution in [-0.4, -0.2) is 106 Å². The number of unbranched alkanes of at least 4 members (excludes halogenated alkanes) is 6. The molecular weight excluding hydrogens is 636 g/mol. The molecule has 2 rings (SSSR count). The van der Waals surface area contributed by atoms with Crippen LogP contribution in [0.25, 0.3) is 0 Å². The van der Waals surface area contributed by atoms with E-state index < -0.39 is 17.7 Å². The maximum Gasteiger partial charge on any atom is 0.246 e. The van der Waals surface area contributed by atoms with Crippen LogP contribution in [0.3, 0.4) is 0 Å². The molecule has 15 heteroatoms. The Labute approximate surface area is 290 Å². The van der Waals surface area contributed by atoms with Crippen LogP contribution in [0, 0.1) is 17.8 Å². The number of carbonyl (C=O) groups is 6. The summed E-state index contributed by atoms with van der Waals surface area (Å²) in [5.74, 6) is 0.156. The highest BCUT2D eigenvalue weighted by Crippen LogP contribution is 2.49. The molecule has 15 nitrogen and oxygen atoms in total. The molecule has 0 spiro atoms. The Morgan fingerprint density at radius 1 is 0.551 bits per heavy atom. The molecule has 2 aliphatic rings. The summed E-state index contributed by atoms with van der Waals surface area (Å²) in [4.78, 5) is 71.3. The van der Waals surface area contributed by atoms with Crippen LogP contribution < -0.4 is 16.0 Å². The van der Waals surface area contributed by atoms with Crippen molar-refractivity contribution in [3.05, 3.63) is 0 Å². The lowest BCUT2D eigenvalue weighted by molar-refractivity contribution is -0.166. The highest BCUT2D eigenvalue weighted by atomic mass is 16.5. The lowest BCUT2D eigenvalue weighted by atomic mass is 9.86. The lowest BCUT2D eigenvalue weighted by Crippen LogP contribution is -2.31. The number of rotatable bonds is 26. The molecule has 0 heterocycles. The van der Waals surface area contributed by atoms with E-state index in [2.05, 4.69) is 16.0 Å². The van der Waals surface area contributed by atoms with Crippen molar-refractivity contribution in [1.29, 1.82) is 0 Å². The molecule has 0 aliphatic heterocycles. The molecule has 2 aliphatic carbocycles. The number of nitrogens with zero attached hydrogens (tertiary/aromatic N) is 3. The molecule has 49 heavy (non-hydrogen) atoms. The second-order valence-corrected chi connectivity index (χ2v) is 13.5. The summed E-state index contributed by atoms with van der Waals surface area (Å²) in [6, 6.07) is 0. The molecule has 2 fully saturated rings. The maximum atomic E-state index is 12.2. The molecule has 280 valence electrons. The predicted octanol–water partition coefficient (Wildman–Crippen LogP) is 2.91. The first-order chi connectivity index (χ1) is 23.5. The second-order valence-electron chi connectivity index (χ2n) is 13.5. The number of hydrogen-bond donors (Lipinski definition) is 6. The summed E-state index contributed by atoms with van der Waals surface area (Å²) in [5, 5.41) is 39.5. The van der Waals surface area contributed by atoms with E-state index in [1.165, 1.54) is 32.6 Å². The van der Waals surface area contributed by atoms with E-state index in [9.17, 15) is 44.4 Å². The minimum Gasteiger partial charge on any atom is -0.356 e. The van der Waals surface area contributed by atoms with Gasteiger partial charge in [0.1, 0.15) is 0 Å². The van der Waals surface area contributed by atoms with Gasteiger partial charge in [-0.1, -0.05) is 6.42 Å². The van der Waals surface area contributed by atoms with Crippen LogP contribution in [0.1, 0.15) is 122 Å². The van der Waals surface area contributed by atoms with Crippen LogP contribution in [0.4, 0.5) is 0 Å². The van der Waals surface area contributed by atoms with Crippen molar-refractivity contribution in [1.82, 2.24) is 31.1 Å². The van der Waals surface area contributed by atoms with E-state index in [4.69, 9.17) is 0 Å². The monoisotopic (exact) mass is 696 g/mol. The SMILES string of the molecule is CC(=O)N(O)CCCCCNC(=O)CCC(=O)N(O)CCCCCNC(=O)CCC(=O)N(O)CCCCCNC(=O)C[C@H]1C[C@H]2CC[C@H]1C2. The van der Waals surface area contributed by atoms with Crippen molar-refractivity contribution in [2.75, 3.05) is 39.3 Å². The van der Waals surface area contributed by atoms with Gasteiger partial charge in [0.2, 0.25) is 35.4 Å². The minimum absolute atomic E-state index is 0.0411.